The molecule has 0 saturated heterocycles. The Morgan fingerprint density at radius 2 is 2.33 bits per heavy atom. The molecule has 1 rings (SSSR count). The Bertz CT molecular complexity index is 289. The first-order chi connectivity index (χ1) is 7.13. The molecule has 0 bridgehead atoms. The third kappa shape index (κ3) is 5.54. The molecule has 0 N–H and O–H groups in total. The van der Waals surface area contributed by atoms with Gasteiger partial charge in [0.05, 0.1) is 0 Å². The summed E-state index contributed by atoms with van der Waals surface area (Å²) in [6.45, 7) is 2.20. The summed E-state index contributed by atoms with van der Waals surface area (Å²) >= 11 is 0. The second-order valence-corrected chi connectivity index (χ2v) is 5.18. The van der Waals surface area contributed by atoms with E-state index in [2.05, 4.69) is 0 Å². The van der Waals surface area contributed by atoms with Crippen LogP contribution in [0.2, 0.25) is 0 Å². The van der Waals surface area contributed by atoms with Crippen molar-refractivity contribution in [2.45, 2.75) is 26.2 Å². The molecular weight excluding hydrogens is 215 g/mol. The first-order valence-electron chi connectivity index (χ1n) is 5.36. The second kappa shape index (κ2) is 6.51. The van der Waals surface area contributed by atoms with E-state index in [0.717, 1.165) is 24.8 Å². The van der Waals surface area contributed by atoms with Crippen LogP contribution in [0.3, 0.4) is 0 Å². The molecule has 0 amide bonds. The first kappa shape index (κ1) is 13.0. The SMILES string of the molecule is CC(C=C(CF)C1CC1)CCO[S-](C)#[O+]. The molecule has 88 valence electrons. The van der Waals surface area contributed by atoms with E-state index < -0.39 is 10.9 Å². The molecule has 0 aromatic carbocycles. The molecule has 1 aliphatic carbocycles. The molecule has 15 heavy (non-hydrogen) atoms. The van der Waals surface area contributed by atoms with Crippen LogP contribution in [0.5, 0.6) is 0 Å². The van der Waals surface area contributed by atoms with Crippen LogP contribution in [-0.4, -0.2) is 19.5 Å². The van der Waals surface area contributed by atoms with Crippen molar-refractivity contribution in [3.8, 4) is 0 Å². The van der Waals surface area contributed by atoms with Crippen molar-refractivity contribution in [1.29, 1.82) is 0 Å². The first-order valence-corrected chi connectivity index (χ1v) is 6.85. The van der Waals surface area contributed by atoms with Gasteiger partial charge in [-0.3, -0.25) is 0 Å². The molecule has 0 aromatic heterocycles. The Labute approximate surface area is 93.2 Å². The Morgan fingerprint density at radius 1 is 1.67 bits per heavy atom. The molecule has 1 saturated carbocycles. The molecule has 0 aliphatic heterocycles. The fourth-order valence-corrected chi connectivity index (χ4v) is 1.87. The number of alkyl halides is 1. The van der Waals surface area contributed by atoms with Crippen LogP contribution in [0.1, 0.15) is 26.2 Å². The molecule has 4 heteroatoms. The monoisotopic (exact) mass is 234 g/mol. The van der Waals surface area contributed by atoms with E-state index in [1.807, 2.05) is 13.0 Å². The van der Waals surface area contributed by atoms with E-state index in [-0.39, 0.29) is 6.67 Å². The summed E-state index contributed by atoms with van der Waals surface area (Å²) in [6, 6.07) is 0. The van der Waals surface area contributed by atoms with Crippen molar-refractivity contribution in [2.24, 2.45) is 11.8 Å². The van der Waals surface area contributed by atoms with Gasteiger partial charge in [-0.2, -0.15) is 0 Å². The number of halogens is 1. The van der Waals surface area contributed by atoms with Crippen LogP contribution >= 0.6 is 0 Å². The van der Waals surface area contributed by atoms with Gasteiger partial charge in [-0.05, 0) is 0 Å². The summed E-state index contributed by atoms with van der Waals surface area (Å²) < 4.78 is 28.2. The third-order valence-electron chi connectivity index (χ3n) is 2.58. The van der Waals surface area contributed by atoms with Crippen molar-refractivity contribution in [1.82, 2.24) is 0 Å². The van der Waals surface area contributed by atoms with Crippen molar-refractivity contribution in [3.63, 3.8) is 0 Å². The van der Waals surface area contributed by atoms with E-state index >= 15 is 0 Å². The average molecular weight is 234 g/mol. The van der Waals surface area contributed by atoms with Gasteiger partial charge in [-0.25, -0.2) is 0 Å². The minimum absolute atomic E-state index is 0.305. The third-order valence-corrected chi connectivity index (χ3v) is 3.08. The zero-order valence-corrected chi connectivity index (χ0v) is 10.2. The summed E-state index contributed by atoms with van der Waals surface area (Å²) in [4.78, 5) is 0. The molecule has 1 unspecified atom stereocenters. The zero-order valence-electron chi connectivity index (χ0n) is 9.37. The van der Waals surface area contributed by atoms with Gasteiger partial charge < -0.3 is 0 Å². The van der Waals surface area contributed by atoms with E-state index in [1.54, 1.807) is 0 Å². The molecule has 1 atom stereocenters. The van der Waals surface area contributed by atoms with Gasteiger partial charge in [-0.15, -0.1) is 0 Å². The fourth-order valence-electron chi connectivity index (χ4n) is 1.54. The van der Waals surface area contributed by atoms with Gasteiger partial charge in [0.15, 0.2) is 0 Å². The van der Waals surface area contributed by atoms with Crippen LogP contribution in [0.25, 0.3) is 0 Å². The standard InChI is InChI=1S/C11H19FO2S/c1-9(5-6-14-15(2)13)7-11(8-12)10-3-4-10/h7,9-10H,3-6,8H2,1-2H3. The predicted octanol–water partition coefficient (Wildman–Crippen LogP) is 2.84. The Hall–Kier alpha value is -0.0600. The van der Waals surface area contributed by atoms with Gasteiger partial charge in [0.2, 0.25) is 0 Å². The maximum absolute atomic E-state index is 12.6. The Balaban J connectivity index is 2.27. The summed E-state index contributed by atoms with van der Waals surface area (Å²) in [6.07, 6.45) is 6.60. The molecule has 0 radical (unpaired) electrons. The van der Waals surface area contributed by atoms with Gasteiger partial charge in [0.1, 0.15) is 0 Å². The molecule has 0 spiro atoms. The van der Waals surface area contributed by atoms with Crippen molar-refractivity contribution in [3.05, 3.63) is 11.6 Å². The molecule has 0 aromatic rings. The average Bonchev–Trinajstić information content (AvgIpc) is 2.96. The van der Waals surface area contributed by atoms with Crippen molar-refractivity contribution in [2.75, 3.05) is 19.5 Å². The topological polar surface area (TPSA) is 29.1 Å². The Morgan fingerprint density at radius 3 is 2.80 bits per heavy atom. The van der Waals surface area contributed by atoms with Crippen molar-refractivity contribution >= 4 is 10.9 Å². The quantitative estimate of drug-likeness (QED) is 0.395. The number of hydrogen-bond acceptors (Lipinski definition) is 2. The maximum atomic E-state index is 12.6. The zero-order chi connectivity index (χ0) is 11.3. The number of hydrogen-bond donors (Lipinski definition) is 0. The summed E-state index contributed by atoms with van der Waals surface area (Å²) in [7, 11) is -1.19. The predicted molar refractivity (Wildman–Crippen MR) is 60.5 cm³/mol. The molecule has 0 heterocycles. The number of allylic oxidation sites excluding steroid dienone is 2. The van der Waals surface area contributed by atoms with Crippen molar-refractivity contribution < 1.29 is 12.6 Å². The van der Waals surface area contributed by atoms with Crippen LogP contribution in [0.15, 0.2) is 11.6 Å². The van der Waals surface area contributed by atoms with Crippen LogP contribution < -0.4 is 0 Å². The molecule has 1 fully saturated rings. The van der Waals surface area contributed by atoms with E-state index in [0.29, 0.717) is 18.4 Å². The molecular formula is C11H19FO2S. The van der Waals surface area contributed by atoms with Gasteiger partial charge in [0.25, 0.3) is 0 Å². The van der Waals surface area contributed by atoms with E-state index in [4.69, 9.17) is 4.18 Å². The summed E-state index contributed by atoms with van der Waals surface area (Å²) in [5.41, 5.74) is 0.945. The fraction of sp³-hybridized carbons (Fsp3) is 0.818. The van der Waals surface area contributed by atoms with Crippen LogP contribution in [0.4, 0.5) is 4.39 Å². The minimum atomic E-state index is -1.19. The van der Waals surface area contributed by atoms with Gasteiger partial charge in [0, 0.05) is 0 Å². The van der Waals surface area contributed by atoms with Gasteiger partial charge >= 0.3 is 92.7 Å². The second-order valence-electron chi connectivity index (χ2n) is 4.14. The van der Waals surface area contributed by atoms with E-state index in [9.17, 15) is 8.43 Å². The molecule has 1 aliphatic rings. The van der Waals surface area contributed by atoms with Gasteiger partial charge in [-0.1, -0.05) is 0 Å². The number of rotatable bonds is 6. The normalized spacial score (nSPS) is 19.5. The Kier molecular flexibility index (Phi) is 5.64. The summed E-state index contributed by atoms with van der Waals surface area (Å²) in [5.74, 6) is 0.804. The van der Waals surface area contributed by atoms with E-state index in [1.165, 1.54) is 6.26 Å². The molecule has 2 nitrogen and oxygen atoms in total. The van der Waals surface area contributed by atoms with Crippen LogP contribution in [0, 0.1) is 11.8 Å². The van der Waals surface area contributed by atoms with Crippen LogP contribution in [-0.2, 0) is 19.1 Å². The summed E-state index contributed by atoms with van der Waals surface area (Å²) in [5, 5.41) is 0.